The predicted molar refractivity (Wildman–Crippen MR) is 61.9 cm³/mol. The van der Waals surface area contributed by atoms with Crippen LogP contribution in [0.1, 0.15) is 11.3 Å². The Bertz CT molecular complexity index is 514. The number of nitriles is 1. The Morgan fingerprint density at radius 1 is 1.38 bits per heavy atom. The molecule has 1 heterocycles. The minimum absolute atomic E-state index is 0.323. The first kappa shape index (κ1) is 10.8. The molecule has 0 spiro atoms. The van der Waals surface area contributed by atoms with E-state index in [0.29, 0.717) is 17.9 Å². The van der Waals surface area contributed by atoms with Gasteiger partial charge >= 0.3 is 0 Å². The monoisotopic (exact) mass is 277 g/mol. The van der Waals surface area contributed by atoms with Gasteiger partial charge < -0.3 is 9.15 Å². The summed E-state index contributed by atoms with van der Waals surface area (Å²) in [4.78, 5) is 0. The number of nitrogens with zero attached hydrogens (tertiary/aromatic N) is 1. The molecule has 0 aliphatic heterocycles. The Hall–Kier alpha value is -1.73. The summed E-state index contributed by atoms with van der Waals surface area (Å²) in [5.41, 5.74) is 0.501. The molecule has 2 rings (SSSR count). The summed E-state index contributed by atoms with van der Waals surface area (Å²) in [5.74, 6) is 1.29. The third-order valence-electron chi connectivity index (χ3n) is 2.01. The van der Waals surface area contributed by atoms with E-state index < -0.39 is 0 Å². The minimum atomic E-state index is 0.323. The van der Waals surface area contributed by atoms with Crippen LogP contribution in [0.15, 0.2) is 45.5 Å². The molecule has 0 unspecified atom stereocenters. The first-order chi connectivity index (χ1) is 7.79. The normalized spacial score (nSPS) is 9.75. The zero-order chi connectivity index (χ0) is 11.4. The van der Waals surface area contributed by atoms with Crippen molar-refractivity contribution in [3.63, 3.8) is 0 Å². The largest absolute Gasteiger partial charge is 0.484 e. The van der Waals surface area contributed by atoms with Crippen LogP contribution in [0.5, 0.6) is 5.75 Å². The van der Waals surface area contributed by atoms with Crippen molar-refractivity contribution in [2.45, 2.75) is 6.61 Å². The van der Waals surface area contributed by atoms with Crippen LogP contribution in [0, 0.1) is 11.3 Å². The fourth-order valence-corrected chi connectivity index (χ4v) is 1.62. The van der Waals surface area contributed by atoms with E-state index in [4.69, 9.17) is 14.4 Å². The second-order valence-corrected chi connectivity index (χ2v) is 4.04. The molecule has 0 saturated heterocycles. The molecule has 0 amide bonds. The number of ether oxygens (including phenoxy) is 1. The van der Waals surface area contributed by atoms with E-state index in [1.807, 2.05) is 12.1 Å². The van der Waals surface area contributed by atoms with Gasteiger partial charge in [-0.15, -0.1) is 0 Å². The number of benzene rings is 1. The average Bonchev–Trinajstić information content (AvgIpc) is 2.80. The summed E-state index contributed by atoms with van der Waals surface area (Å²) in [7, 11) is 0. The van der Waals surface area contributed by atoms with E-state index >= 15 is 0 Å². The highest BCUT2D eigenvalue weighted by Gasteiger charge is 2.05. The number of hydrogen-bond donors (Lipinski definition) is 0. The van der Waals surface area contributed by atoms with E-state index in [1.54, 1.807) is 24.5 Å². The summed E-state index contributed by atoms with van der Waals surface area (Å²) < 4.78 is 11.5. The van der Waals surface area contributed by atoms with Crippen LogP contribution in [0.3, 0.4) is 0 Å². The summed E-state index contributed by atoms with van der Waals surface area (Å²) >= 11 is 3.30. The van der Waals surface area contributed by atoms with E-state index in [9.17, 15) is 0 Å². The standard InChI is InChI=1S/C12H8BrNO2/c13-10-3-4-12(9(6-10)7-14)16-8-11-2-1-5-15-11/h1-6H,8H2. The highest BCUT2D eigenvalue weighted by Crippen LogP contribution is 2.23. The van der Waals surface area contributed by atoms with Gasteiger partial charge in [0.15, 0.2) is 0 Å². The fraction of sp³-hybridized carbons (Fsp3) is 0.0833. The van der Waals surface area contributed by atoms with Gasteiger partial charge in [0.05, 0.1) is 11.8 Å². The van der Waals surface area contributed by atoms with E-state index in [0.717, 1.165) is 10.2 Å². The van der Waals surface area contributed by atoms with Crippen molar-refractivity contribution in [2.75, 3.05) is 0 Å². The van der Waals surface area contributed by atoms with Gasteiger partial charge in [0.25, 0.3) is 0 Å². The second-order valence-electron chi connectivity index (χ2n) is 3.12. The SMILES string of the molecule is N#Cc1cc(Br)ccc1OCc1ccco1. The Labute approximate surface area is 101 Å². The third kappa shape index (κ3) is 2.44. The number of halogens is 1. The molecule has 0 radical (unpaired) electrons. The van der Waals surface area contributed by atoms with Crippen molar-refractivity contribution >= 4 is 15.9 Å². The third-order valence-corrected chi connectivity index (χ3v) is 2.51. The molecule has 0 N–H and O–H groups in total. The molecule has 0 saturated carbocycles. The average molecular weight is 278 g/mol. The zero-order valence-electron chi connectivity index (χ0n) is 8.31. The molecule has 16 heavy (non-hydrogen) atoms. The van der Waals surface area contributed by atoms with Crippen LogP contribution in [0.25, 0.3) is 0 Å². The topological polar surface area (TPSA) is 46.2 Å². The lowest BCUT2D eigenvalue weighted by atomic mass is 10.2. The van der Waals surface area contributed by atoms with Crippen LogP contribution < -0.4 is 4.74 Å². The zero-order valence-corrected chi connectivity index (χ0v) is 9.90. The molecular formula is C12H8BrNO2. The van der Waals surface area contributed by atoms with Gasteiger partial charge in [-0.3, -0.25) is 0 Å². The lowest BCUT2D eigenvalue weighted by Gasteiger charge is -2.06. The molecule has 0 fully saturated rings. The highest BCUT2D eigenvalue weighted by molar-refractivity contribution is 9.10. The number of rotatable bonds is 3. The molecule has 80 valence electrons. The van der Waals surface area contributed by atoms with Crippen molar-refractivity contribution in [3.05, 3.63) is 52.4 Å². The molecule has 0 atom stereocenters. The first-order valence-electron chi connectivity index (χ1n) is 4.64. The Balaban J connectivity index is 2.13. The molecule has 0 aliphatic rings. The minimum Gasteiger partial charge on any atom is -0.484 e. The highest BCUT2D eigenvalue weighted by atomic mass is 79.9. The smallest absolute Gasteiger partial charge is 0.146 e. The van der Waals surface area contributed by atoms with Gasteiger partial charge in [0.1, 0.15) is 24.2 Å². The maximum atomic E-state index is 8.93. The summed E-state index contributed by atoms with van der Waals surface area (Å²) in [5, 5.41) is 8.93. The number of furan rings is 1. The molecule has 0 bridgehead atoms. The molecule has 3 nitrogen and oxygen atoms in total. The number of hydrogen-bond acceptors (Lipinski definition) is 3. The first-order valence-corrected chi connectivity index (χ1v) is 5.44. The lowest BCUT2D eigenvalue weighted by Crippen LogP contribution is -1.95. The second kappa shape index (κ2) is 4.86. The summed E-state index contributed by atoms with van der Waals surface area (Å²) in [6.45, 7) is 0.323. The van der Waals surface area contributed by atoms with E-state index in [2.05, 4.69) is 22.0 Å². The molecule has 4 heteroatoms. The quantitative estimate of drug-likeness (QED) is 0.863. The molecule has 1 aromatic heterocycles. The van der Waals surface area contributed by atoms with Crippen LogP contribution in [0.2, 0.25) is 0 Å². The van der Waals surface area contributed by atoms with Crippen LogP contribution in [0.4, 0.5) is 0 Å². The van der Waals surface area contributed by atoms with Crippen molar-refractivity contribution in [1.29, 1.82) is 5.26 Å². The Kier molecular flexibility index (Phi) is 3.28. The molecule has 2 aromatic rings. The maximum Gasteiger partial charge on any atom is 0.146 e. The Morgan fingerprint density at radius 2 is 2.25 bits per heavy atom. The van der Waals surface area contributed by atoms with E-state index in [1.165, 1.54) is 0 Å². The maximum absolute atomic E-state index is 8.93. The van der Waals surface area contributed by atoms with Gasteiger partial charge in [-0.25, -0.2) is 0 Å². The molecule has 0 aliphatic carbocycles. The van der Waals surface area contributed by atoms with Gasteiger partial charge in [-0.1, -0.05) is 15.9 Å². The Morgan fingerprint density at radius 3 is 2.94 bits per heavy atom. The summed E-state index contributed by atoms with van der Waals surface area (Å²) in [6, 6.07) is 11.0. The van der Waals surface area contributed by atoms with Crippen molar-refractivity contribution in [2.24, 2.45) is 0 Å². The van der Waals surface area contributed by atoms with E-state index in [-0.39, 0.29) is 0 Å². The van der Waals surface area contributed by atoms with Crippen molar-refractivity contribution in [3.8, 4) is 11.8 Å². The van der Waals surface area contributed by atoms with Crippen molar-refractivity contribution < 1.29 is 9.15 Å². The van der Waals surface area contributed by atoms with Crippen LogP contribution in [-0.4, -0.2) is 0 Å². The van der Waals surface area contributed by atoms with Crippen molar-refractivity contribution in [1.82, 2.24) is 0 Å². The summed E-state index contributed by atoms with van der Waals surface area (Å²) in [6.07, 6.45) is 1.59. The van der Waals surface area contributed by atoms with Gasteiger partial charge in [0, 0.05) is 4.47 Å². The van der Waals surface area contributed by atoms with Gasteiger partial charge in [-0.2, -0.15) is 5.26 Å². The van der Waals surface area contributed by atoms with Gasteiger partial charge in [0.2, 0.25) is 0 Å². The van der Waals surface area contributed by atoms with Crippen LogP contribution in [-0.2, 0) is 6.61 Å². The predicted octanol–water partition coefficient (Wildman–Crippen LogP) is 3.49. The molecular weight excluding hydrogens is 270 g/mol. The van der Waals surface area contributed by atoms with Gasteiger partial charge in [-0.05, 0) is 30.3 Å². The molecule has 1 aromatic carbocycles. The lowest BCUT2D eigenvalue weighted by molar-refractivity contribution is 0.269. The fourth-order valence-electron chi connectivity index (χ4n) is 1.26. The van der Waals surface area contributed by atoms with Crippen LogP contribution >= 0.6 is 15.9 Å².